The van der Waals surface area contributed by atoms with Crippen molar-refractivity contribution in [2.24, 2.45) is 0 Å². The third-order valence-electron chi connectivity index (χ3n) is 5.57. The minimum Gasteiger partial charge on any atom is -0.493 e. The van der Waals surface area contributed by atoms with Crippen LogP contribution in [0.1, 0.15) is 32.8 Å². The number of rotatable bonds is 4. The first-order valence-corrected chi connectivity index (χ1v) is 11.1. The molecule has 0 radical (unpaired) electrons. The molecule has 3 heterocycles. The lowest BCUT2D eigenvalue weighted by Crippen LogP contribution is -2.39. The summed E-state index contributed by atoms with van der Waals surface area (Å²) in [6.07, 6.45) is 4.17. The van der Waals surface area contributed by atoms with Gasteiger partial charge in [0.05, 0.1) is 19.9 Å². The zero-order valence-corrected chi connectivity index (χ0v) is 20.1. The minimum absolute atomic E-state index is 0.177. The van der Waals surface area contributed by atoms with E-state index in [-0.39, 0.29) is 11.7 Å². The molecule has 0 saturated carbocycles. The van der Waals surface area contributed by atoms with E-state index in [4.69, 9.17) is 14.2 Å². The molecule has 8 heteroatoms. The highest BCUT2D eigenvalue weighted by Crippen LogP contribution is 2.31. The normalized spacial score (nSPS) is 14.0. The van der Waals surface area contributed by atoms with Crippen LogP contribution in [-0.4, -0.2) is 53.3 Å². The van der Waals surface area contributed by atoms with Gasteiger partial charge in [0, 0.05) is 30.9 Å². The summed E-state index contributed by atoms with van der Waals surface area (Å²) in [6, 6.07) is 10.7. The molecule has 0 N–H and O–H groups in total. The molecule has 0 bridgehead atoms. The highest BCUT2D eigenvalue weighted by Gasteiger charge is 2.24. The molecule has 3 aromatic rings. The third-order valence-corrected chi connectivity index (χ3v) is 5.57. The standard InChI is InChI=1S/C26H29N3O5/c1-26(2,3)34-25(31)28-12-10-17(11-13-28)19-7-9-23-27-20(15-24(30)29(23)16-19)18-6-8-21(32-4)22(14-18)33-5/h6-10,14-16H,11-13H2,1-5H3. The van der Waals surface area contributed by atoms with E-state index in [0.717, 1.165) is 16.7 Å². The Labute approximate surface area is 198 Å². The van der Waals surface area contributed by atoms with Gasteiger partial charge in [-0.1, -0.05) is 6.08 Å². The number of benzene rings is 1. The SMILES string of the molecule is COc1ccc(-c2cc(=O)n3cc(C4=CCN(C(=O)OC(C)(C)C)CC4)ccc3n2)cc1OC. The number of fused-ring (bicyclic) bond motifs is 1. The number of nitrogens with zero attached hydrogens (tertiary/aromatic N) is 3. The lowest BCUT2D eigenvalue weighted by molar-refractivity contribution is 0.0270. The van der Waals surface area contributed by atoms with Crippen molar-refractivity contribution in [2.75, 3.05) is 27.3 Å². The number of ether oxygens (including phenoxy) is 3. The number of aromatic nitrogens is 2. The van der Waals surface area contributed by atoms with E-state index in [2.05, 4.69) is 4.98 Å². The summed E-state index contributed by atoms with van der Waals surface area (Å²) in [4.78, 5) is 31.6. The molecule has 0 unspecified atom stereocenters. The van der Waals surface area contributed by atoms with Gasteiger partial charge in [0.1, 0.15) is 11.2 Å². The molecule has 0 spiro atoms. The highest BCUT2D eigenvalue weighted by atomic mass is 16.6. The van der Waals surface area contributed by atoms with Crippen molar-refractivity contribution >= 4 is 17.3 Å². The van der Waals surface area contributed by atoms with Crippen LogP contribution in [0.15, 0.2) is 53.5 Å². The summed E-state index contributed by atoms with van der Waals surface area (Å²) < 4.78 is 17.7. The fraction of sp³-hybridized carbons (Fsp3) is 0.346. The van der Waals surface area contributed by atoms with Crippen LogP contribution in [0.25, 0.3) is 22.5 Å². The Bertz CT molecular complexity index is 1320. The van der Waals surface area contributed by atoms with E-state index in [1.807, 2.05) is 45.0 Å². The highest BCUT2D eigenvalue weighted by molar-refractivity contribution is 5.73. The van der Waals surface area contributed by atoms with Crippen molar-refractivity contribution in [1.82, 2.24) is 14.3 Å². The molecule has 0 atom stereocenters. The maximum atomic E-state index is 12.9. The first kappa shape index (κ1) is 23.4. The van der Waals surface area contributed by atoms with Crippen LogP contribution in [0.3, 0.4) is 0 Å². The lowest BCUT2D eigenvalue weighted by Gasteiger charge is -2.29. The quantitative estimate of drug-likeness (QED) is 0.570. The van der Waals surface area contributed by atoms with Gasteiger partial charge in [-0.05, 0) is 68.7 Å². The Kier molecular flexibility index (Phi) is 6.32. The van der Waals surface area contributed by atoms with E-state index in [1.54, 1.807) is 41.8 Å². The Balaban J connectivity index is 1.59. The van der Waals surface area contributed by atoms with Crippen LogP contribution in [0.2, 0.25) is 0 Å². The van der Waals surface area contributed by atoms with Gasteiger partial charge in [-0.15, -0.1) is 0 Å². The molecule has 1 amide bonds. The van der Waals surface area contributed by atoms with E-state index in [0.29, 0.717) is 42.4 Å². The molecule has 1 aromatic carbocycles. The van der Waals surface area contributed by atoms with Crippen LogP contribution >= 0.6 is 0 Å². The molecule has 178 valence electrons. The van der Waals surface area contributed by atoms with Gasteiger partial charge in [0.2, 0.25) is 0 Å². The summed E-state index contributed by atoms with van der Waals surface area (Å²) >= 11 is 0. The summed E-state index contributed by atoms with van der Waals surface area (Å²) in [7, 11) is 3.14. The summed E-state index contributed by atoms with van der Waals surface area (Å²) in [5, 5.41) is 0. The van der Waals surface area contributed by atoms with Crippen LogP contribution in [0.5, 0.6) is 11.5 Å². The largest absolute Gasteiger partial charge is 0.493 e. The molecule has 0 fully saturated rings. The van der Waals surface area contributed by atoms with E-state index in [9.17, 15) is 9.59 Å². The Morgan fingerprint density at radius 1 is 1.00 bits per heavy atom. The van der Waals surface area contributed by atoms with E-state index < -0.39 is 5.60 Å². The molecule has 34 heavy (non-hydrogen) atoms. The summed E-state index contributed by atoms with van der Waals surface area (Å²) in [5.74, 6) is 1.18. The predicted molar refractivity (Wildman–Crippen MR) is 130 cm³/mol. The number of amides is 1. The number of methoxy groups -OCH3 is 2. The van der Waals surface area contributed by atoms with Gasteiger partial charge in [0.15, 0.2) is 11.5 Å². The number of carbonyl (C=O) groups excluding carboxylic acids is 1. The molecule has 4 rings (SSSR count). The third kappa shape index (κ3) is 4.90. The van der Waals surface area contributed by atoms with Gasteiger partial charge in [-0.2, -0.15) is 0 Å². The van der Waals surface area contributed by atoms with Crippen LogP contribution in [0.4, 0.5) is 4.79 Å². The van der Waals surface area contributed by atoms with E-state index in [1.165, 1.54) is 6.07 Å². The van der Waals surface area contributed by atoms with Gasteiger partial charge in [-0.25, -0.2) is 9.78 Å². The molecule has 2 aromatic heterocycles. The van der Waals surface area contributed by atoms with Gasteiger partial charge >= 0.3 is 6.09 Å². The molecule has 0 saturated heterocycles. The average Bonchev–Trinajstić information content (AvgIpc) is 2.82. The van der Waals surface area contributed by atoms with Crippen LogP contribution in [-0.2, 0) is 4.74 Å². The Morgan fingerprint density at radius 3 is 2.38 bits per heavy atom. The molecule has 0 aliphatic carbocycles. The molecule has 1 aliphatic rings. The predicted octanol–water partition coefficient (Wildman–Crippen LogP) is 4.40. The van der Waals surface area contributed by atoms with Gasteiger partial charge in [-0.3, -0.25) is 9.20 Å². The maximum Gasteiger partial charge on any atom is 0.410 e. The molecule has 1 aliphatic heterocycles. The fourth-order valence-corrected chi connectivity index (χ4v) is 3.86. The second kappa shape index (κ2) is 9.21. The lowest BCUT2D eigenvalue weighted by atomic mass is 10.0. The van der Waals surface area contributed by atoms with E-state index >= 15 is 0 Å². The topological polar surface area (TPSA) is 82.4 Å². The first-order valence-electron chi connectivity index (χ1n) is 11.1. The number of carbonyl (C=O) groups is 1. The minimum atomic E-state index is -0.524. The second-order valence-electron chi connectivity index (χ2n) is 9.10. The van der Waals surface area contributed by atoms with Crippen LogP contribution < -0.4 is 15.0 Å². The summed E-state index contributed by atoms with van der Waals surface area (Å²) in [5.41, 5.74) is 3.18. The average molecular weight is 464 g/mol. The zero-order chi connectivity index (χ0) is 24.5. The number of pyridine rings is 1. The van der Waals surface area contributed by atoms with Crippen molar-refractivity contribution in [1.29, 1.82) is 0 Å². The monoisotopic (exact) mass is 463 g/mol. The Hall–Kier alpha value is -3.81. The van der Waals surface area contributed by atoms with Crippen molar-refractivity contribution in [3.05, 3.63) is 64.6 Å². The summed E-state index contributed by atoms with van der Waals surface area (Å²) in [6.45, 7) is 6.59. The van der Waals surface area contributed by atoms with Crippen molar-refractivity contribution in [3.63, 3.8) is 0 Å². The Morgan fingerprint density at radius 2 is 1.74 bits per heavy atom. The van der Waals surface area contributed by atoms with Crippen molar-refractivity contribution < 1.29 is 19.0 Å². The maximum absolute atomic E-state index is 12.9. The molecule has 8 nitrogen and oxygen atoms in total. The van der Waals surface area contributed by atoms with Crippen molar-refractivity contribution in [2.45, 2.75) is 32.8 Å². The first-order chi connectivity index (χ1) is 16.2. The fourth-order valence-electron chi connectivity index (χ4n) is 3.86. The van der Waals surface area contributed by atoms with Crippen molar-refractivity contribution in [3.8, 4) is 22.8 Å². The molecular formula is C26H29N3O5. The smallest absolute Gasteiger partial charge is 0.410 e. The number of hydrogen-bond donors (Lipinski definition) is 0. The van der Waals surface area contributed by atoms with Gasteiger partial charge < -0.3 is 19.1 Å². The van der Waals surface area contributed by atoms with Crippen LogP contribution in [0, 0.1) is 0 Å². The zero-order valence-electron chi connectivity index (χ0n) is 20.1. The second-order valence-corrected chi connectivity index (χ2v) is 9.10. The molecular weight excluding hydrogens is 434 g/mol. The number of hydrogen-bond acceptors (Lipinski definition) is 6. The van der Waals surface area contributed by atoms with Gasteiger partial charge in [0.25, 0.3) is 5.56 Å².